The Morgan fingerprint density at radius 3 is 2.93 bits per heavy atom. The van der Waals surface area contributed by atoms with E-state index in [4.69, 9.17) is 4.52 Å². The molecule has 1 aromatic carbocycles. The molecule has 6 nitrogen and oxygen atoms in total. The van der Waals surface area contributed by atoms with Gasteiger partial charge in [-0.25, -0.2) is 0 Å². The lowest BCUT2D eigenvalue weighted by Crippen LogP contribution is -2.29. The van der Waals surface area contributed by atoms with E-state index in [2.05, 4.69) is 10.5 Å². The van der Waals surface area contributed by atoms with E-state index in [1.54, 1.807) is 42.1 Å². The average Bonchev–Trinajstić information content (AvgIpc) is 3.14. The molecule has 1 aromatic heterocycles. The number of amides is 1. The fraction of sp³-hybridized carbons (Fsp3) is 0.200. The second-order valence-corrected chi connectivity index (χ2v) is 7.28. The minimum absolute atomic E-state index is 0.0147. The Kier molecular flexibility index (Phi) is 4.65. The van der Waals surface area contributed by atoms with E-state index in [-0.39, 0.29) is 11.7 Å². The fourth-order valence-corrected chi connectivity index (χ4v) is 4.37. The Morgan fingerprint density at radius 1 is 1.33 bits per heavy atom. The first-order valence-electron chi connectivity index (χ1n) is 8.46. The number of para-hydroxylation sites is 1. The molecule has 0 radical (unpaired) electrons. The van der Waals surface area contributed by atoms with Gasteiger partial charge in [0, 0.05) is 22.9 Å². The highest BCUT2D eigenvalue weighted by atomic mass is 32.2. The summed E-state index contributed by atoms with van der Waals surface area (Å²) in [7, 11) is 0. The number of nitrogens with zero attached hydrogens (tertiary/aromatic N) is 2. The first-order chi connectivity index (χ1) is 13.2. The van der Waals surface area contributed by atoms with E-state index in [1.807, 2.05) is 24.3 Å². The summed E-state index contributed by atoms with van der Waals surface area (Å²) < 4.78 is 5.32. The third-order valence-corrected chi connectivity index (χ3v) is 5.75. The number of Topliss-reactive ketones (excluding diaryl/α,β-unsaturated/α-hetero) is 1. The van der Waals surface area contributed by atoms with E-state index < -0.39 is 17.6 Å². The highest BCUT2D eigenvalue weighted by Crippen LogP contribution is 2.46. The van der Waals surface area contributed by atoms with Crippen LogP contribution in [0.15, 0.2) is 58.0 Å². The number of nitriles is 1. The summed E-state index contributed by atoms with van der Waals surface area (Å²) in [4.78, 5) is 26.5. The minimum Gasteiger partial charge on any atom is -0.352 e. The van der Waals surface area contributed by atoms with Gasteiger partial charge in [-0.1, -0.05) is 41.6 Å². The molecule has 2 unspecified atom stereocenters. The zero-order valence-electron chi connectivity index (χ0n) is 14.2. The molecule has 0 saturated heterocycles. The topological polar surface area (TPSA) is 96.0 Å². The summed E-state index contributed by atoms with van der Waals surface area (Å²) in [6, 6.07) is 10.5. The number of allylic oxidation sites excluding steroid dienone is 4. The number of fused-ring (bicyclic) bond motifs is 3. The Bertz CT molecular complexity index is 1000. The maximum absolute atomic E-state index is 12.8. The minimum atomic E-state index is -1.49. The maximum atomic E-state index is 12.8. The quantitative estimate of drug-likeness (QED) is 0.643. The number of aromatic nitrogens is 1. The summed E-state index contributed by atoms with van der Waals surface area (Å²) >= 11 is 1.63. The molecule has 7 heteroatoms. The van der Waals surface area contributed by atoms with Gasteiger partial charge in [0.05, 0.1) is 11.8 Å². The number of carbonyl (C=O) groups is 2. The molecule has 1 aliphatic carbocycles. The van der Waals surface area contributed by atoms with Crippen molar-refractivity contribution in [3.8, 4) is 6.07 Å². The molecular weight excluding hydrogens is 362 g/mol. The number of nitrogens with one attached hydrogen (secondary N) is 1. The van der Waals surface area contributed by atoms with Gasteiger partial charge in [0.2, 0.25) is 17.5 Å². The average molecular weight is 377 g/mol. The summed E-state index contributed by atoms with van der Waals surface area (Å²) in [5.41, 5.74) is 1.94. The third-order valence-electron chi connectivity index (χ3n) is 4.56. The molecule has 0 fully saturated rings. The van der Waals surface area contributed by atoms with E-state index >= 15 is 0 Å². The van der Waals surface area contributed by atoms with Gasteiger partial charge in [0.25, 0.3) is 0 Å². The molecule has 134 valence electrons. The van der Waals surface area contributed by atoms with Crippen LogP contribution in [0.3, 0.4) is 0 Å². The van der Waals surface area contributed by atoms with Gasteiger partial charge in [-0.3, -0.25) is 9.59 Å². The van der Waals surface area contributed by atoms with Crippen molar-refractivity contribution in [2.24, 2.45) is 5.92 Å². The number of carbonyl (C=O) groups excluding carboxylic acids is 2. The van der Waals surface area contributed by atoms with E-state index in [9.17, 15) is 14.9 Å². The Labute approximate surface area is 159 Å². The summed E-state index contributed by atoms with van der Waals surface area (Å²) in [5.74, 6) is -2.19. The van der Waals surface area contributed by atoms with Crippen molar-refractivity contribution in [2.45, 2.75) is 18.1 Å². The van der Waals surface area contributed by atoms with Crippen molar-refractivity contribution < 1.29 is 14.1 Å². The van der Waals surface area contributed by atoms with Crippen molar-refractivity contribution in [3.63, 3.8) is 0 Å². The Morgan fingerprint density at radius 2 is 2.15 bits per heavy atom. The van der Waals surface area contributed by atoms with Crippen molar-refractivity contribution in [1.82, 2.24) is 5.16 Å². The maximum Gasteiger partial charge on any atom is 0.249 e. The lowest BCUT2D eigenvalue weighted by atomic mass is 9.91. The summed E-state index contributed by atoms with van der Waals surface area (Å²) in [5, 5.41) is 16.1. The van der Waals surface area contributed by atoms with E-state index in [0.717, 1.165) is 12.1 Å². The smallest absolute Gasteiger partial charge is 0.249 e. The van der Waals surface area contributed by atoms with Crippen LogP contribution in [-0.4, -0.2) is 16.8 Å². The van der Waals surface area contributed by atoms with Crippen LogP contribution in [0, 0.1) is 17.2 Å². The normalized spacial score (nSPS) is 18.5. The first-order valence-corrected chi connectivity index (χ1v) is 9.45. The summed E-state index contributed by atoms with van der Waals surface area (Å²) in [6.07, 6.45) is 6.90. The van der Waals surface area contributed by atoms with Crippen LogP contribution in [0.4, 0.5) is 5.69 Å². The standard InChI is InChI=1S/C20H15N3O3S/c21-10-14(20(25)22-12-6-2-1-3-7-12)18(24)19-15-11-27-16-9-5-4-8-13(16)17(15)23-26-19/h1-7,9,13-14H,8,11H2,(H,22,25). The highest BCUT2D eigenvalue weighted by Gasteiger charge is 2.37. The Hall–Kier alpha value is -3.11. The zero-order valence-corrected chi connectivity index (χ0v) is 15.0. The molecule has 1 N–H and O–H groups in total. The predicted molar refractivity (Wildman–Crippen MR) is 101 cm³/mol. The second kappa shape index (κ2) is 7.25. The van der Waals surface area contributed by atoms with Crippen LogP contribution in [0.25, 0.3) is 0 Å². The number of rotatable bonds is 4. The van der Waals surface area contributed by atoms with Crippen LogP contribution < -0.4 is 5.32 Å². The fourth-order valence-electron chi connectivity index (χ4n) is 3.19. The molecule has 0 spiro atoms. The van der Waals surface area contributed by atoms with Crippen LogP contribution >= 0.6 is 11.8 Å². The molecule has 2 heterocycles. The molecular formula is C20H15N3O3S. The lowest BCUT2D eigenvalue weighted by molar-refractivity contribution is -0.117. The van der Waals surface area contributed by atoms with Crippen LogP contribution in [0.5, 0.6) is 0 Å². The zero-order chi connectivity index (χ0) is 18.8. The Balaban J connectivity index is 1.58. The first kappa shape index (κ1) is 17.3. The van der Waals surface area contributed by atoms with E-state index in [0.29, 0.717) is 17.0 Å². The van der Waals surface area contributed by atoms with Crippen LogP contribution in [-0.2, 0) is 10.5 Å². The summed E-state index contributed by atoms with van der Waals surface area (Å²) in [6.45, 7) is 0. The molecule has 0 bridgehead atoms. The van der Waals surface area contributed by atoms with Gasteiger partial charge >= 0.3 is 0 Å². The van der Waals surface area contributed by atoms with Crippen molar-refractivity contribution in [3.05, 3.63) is 70.5 Å². The van der Waals surface area contributed by atoms with Gasteiger partial charge < -0.3 is 9.84 Å². The van der Waals surface area contributed by atoms with Crippen molar-refractivity contribution in [2.75, 3.05) is 5.32 Å². The predicted octanol–water partition coefficient (Wildman–Crippen LogP) is 3.81. The SMILES string of the molecule is N#CC(C(=O)Nc1ccccc1)C(=O)c1onc2c1CSC1=CC=CCC12. The molecule has 2 aromatic rings. The van der Waals surface area contributed by atoms with Gasteiger partial charge in [0.15, 0.2) is 5.92 Å². The van der Waals surface area contributed by atoms with Crippen LogP contribution in [0.2, 0.25) is 0 Å². The molecule has 0 saturated carbocycles. The second-order valence-electron chi connectivity index (χ2n) is 6.23. The number of hydrogen-bond donors (Lipinski definition) is 1. The molecule has 4 rings (SSSR count). The largest absolute Gasteiger partial charge is 0.352 e. The van der Waals surface area contributed by atoms with Gasteiger partial charge in [0.1, 0.15) is 0 Å². The molecule has 2 atom stereocenters. The van der Waals surface area contributed by atoms with Gasteiger partial charge in [-0.15, -0.1) is 11.8 Å². The van der Waals surface area contributed by atoms with Crippen molar-refractivity contribution in [1.29, 1.82) is 5.26 Å². The van der Waals surface area contributed by atoms with E-state index in [1.165, 1.54) is 4.91 Å². The third kappa shape index (κ3) is 3.20. The molecule has 1 aliphatic heterocycles. The highest BCUT2D eigenvalue weighted by molar-refractivity contribution is 8.02. The lowest BCUT2D eigenvalue weighted by Gasteiger charge is -2.24. The molecule has 2 aliphatic rings. The number of thioether (sulfide) groups is 1. The van der Waals surface area contributed by atoms with Gasteiger partial charge in [-0.05, 0) is 23.5 Å². The molecule has 27 heavy (non-hydrogen) atoms. The number of anilines is 1. The molecule has 1 amide bonds. The van der Waals surface area contributed by atoms with Crippen LogP contribution in [0.1, 0.15) is 34.2 Å². The number of benzene rings is 1. The van der Waals surface area contributed by atoms with Crippen molar-refractivity contribution >= 4 is 29.1 Å². The number of hydrogen-bond acceptors (Lipinski definition) is 6. The van der Waals surface area contributed by atoms with Gasteiger partial charge in [-0.2, -0.15) is 5.26 Å². The number of ketones is 1. The monoisotopic (exact) mass is 377 g/mol.